The van der Waals surface area contributed by atoms with Gasteiger partial charge in [-0.25, -0.2) is 4.99 Å². The van der Waals surface area contributed by atoms with Crippen LogP contribution in [0.5, 0.6) is 0 Å². The fourth-order valence-electron chi connectivity index (χ4n) is 3.74. The highest BCUT2D eigenvalue weighted by Gasteiger charge is 2.31. The van der Waals surface area contributed by atoms with E-state index >= 15 is 0 Å². The van der Waals surface area contributed by atoms with Crippen LogP contribution in [0.1, 0.15) is 16.7 Å². The monoisotopic (exact) mass is 476 g/mol. The van der Waals surface area contributed by atoms with E-state index < -0.39 is 6.17 Å². The molecular formula is C26H25ClN4OS. The second kappa shape index (κ2) is 10.1. The minimum atomic E-state index is -0.858. The molecule has 1 N–H and O–H groups in total. The lowest BCUT2D eigenvalue weighted by Gasteiger charge is -2.25. The normalized spacial score (nSPS) is 15.4. The summed E-state index contributed by atoms with van der Waals surface area (Å²) in [5.74, 6) is -0.191. The first-order valence-electron chi connectivity index (χ1n) is 10.7. The molecule has 1 heterocycles. The van der Waals surface area contributed by atoms with Gasteiger partial charge in [-0.3, -0.25) is 4.79 Å². The van der Waals surface area contributed by atoms with Crippen molar-refractivity contribution in [2.45, 2.75) is 12.6 Å². The lowest BCUT2D eigenvalue weighted by molar-refractivity contribution is -0.119. The van der Waals surface area contributed by atoms with Gasteiger partial charge in [0.2, 0.25) is 6.17 Å². The molecule has 3 aromatic carbocycles. The molecule has 0 bridgehead atoms. The number of hydrogen-bond donors (Lipinski definition) is 1. The molecule has 168 valence electrons. The van der Waals surface area contributed by atoms with Crippen LogP contribution < -0.4 is 10.2 Å². The maximum absolute atomic E-state index is 13.4. The summed E-state index contributed by atoms with van der Waals surface area (Å²) in [6, 6.07) is 25.5. The molecule has 0 saturated carbocycles. The van der Waals surface area contributed by atoms with Gasteiger partial charge in [-0.2, -0.15) is 0 Å². The smallest absolute Gasteiger partial charge is 0.272 e. The highest BCUT2D eigenvalue weighted by molar-refractivity contribution is 7.80. The maximum atomic E-state index is 13.4. The van der Waals surface area contributed by atoms with Crippen LogP contribution in [0.2, 0.25) is 5.02 Å². The van der Waals surface area contributed by atoms with Gasteiger partial charge in [0.15, 0.2) is 5.11 Å². The molecule has 0 aliphatic carbocycles. The zero-order valence-electron chi connectivity index (χ0n) is 18.5. The summed E-state index contributed by atoms with van der Waals surface area (Å²) in [4.78, 5) is 21.7. The number of rotatable bonds is 5. The van der Waals surface area contributed by atoms with E-state index in [0.717, 1.165) is 29.8 Å². The number of likely N-dealkylation sites (N-methyl/N-ethyl adjacent to an activating group) is 2. The molecule has 1 aliphatic heterocycles. The largest absolute Gasteiger partial charge is 0.352 e. The van der Waals surface area contributed by atoms with Crippen LogP contribution in [0.3, 0.4) is 0 Å². The van der Waals surface area contributed by atoms with Gasteiger partial charge in [-0.05, 0) is 42.4 Å². The average molecular weight is 477 g/mol. The average Bonchev–Trinajstić information content (AvgIpc) is 2.94. The van der Waals surface area contributed by atoms with Gasteiger partial charge in [-0.1, -0.05) is 72.3 Å². The molecule has 5 nitrogen and oxygen atoms in total. The Labute approximate surface area is 204 Å². The molecule has 0 spiro atoms. The van der Waals surface area contributed by atoms with Gasteiger partial charge in [0.05, 0.1) is 11.4 Å². The Bertz CT molecular complexity index is 1180. The van der Waals surface area contributed by atoms with E-state index in [-0.39, 0.29) is 5.91 Å². The van der Waals surface area contributed by atoms with Crippen LogP contribution >= 0.6 is 23.8 Å². The van der Waals surface area contributed by atoms with E-state index in [2.05, 4.69) is 17.4 Å². The van der Waals surface area contributed by atoms with Gasteiger partial charge in [0.1, 0.15) is 0 Å². The number of thiocarbonyl (C=S) groups is 1. The zero-order chi connectivity index (χ0) is 23.4. The number of amides is 1. The number of halogens is 1. The highest BCUT2D eigenvalue weighted by atomic mass is 35.5. The van der Waals surface area contributed by atoms with Gasteiger partial charge in [-0.15, -0.1) is 0 Å². The molecule has 1 unspecified atom stereocenters. The van der Waals surface area contributed by atoms with Crippen molar-refractivity contribution in [3.05, 3.63) is 101 Å². The quantitative estimate of drug-likeness (QED) is 0.550. The van der Waals surface area contributed by atoms with Crippen molar-refractivity contribution < 1.29 is 4.79 Å². The second-order valence-electron chi connectivity index (χ2n) is 7.91. The number of benzene rings is 3. The highest BCUT2D eigenvalue weighted by Crippen LogP contribution is 2.29. The number of fused-ring (bicyclic) bond motifs is 1. The third-order valence-corrected chi connectivity index (χ3v) is 6.30. The third kappa shape index (κ3) is 5.24. The summed E-state index contributed by atoms with van der Waals surface area (Å²) in [5.41, 5.74) is 4.38. The fraction of sp³-hybridized carbons (Fsp3) is 0.192. The summed E-state index contributed by atoms with van der Waals surface area (Å²) < 4.78 is 0. The number of benzodiazepines with no additional fused rings is 1. The molecule has 33 heavy (non-hydrogen) atoms. The van der Waals surface area contributed by atoms with E-state index in [9.17, 15) is 4.79 Å². The molecule has 4 rings (SSSR count). The molecule has 1 amide bonds. The summed E-state index contributed by atoms with van der Waals surface area (Å²) in [6.45, 7) is 0.720. The molecule has 0 radical (unpaired) electrons. The van der Waals surface area contributed by atoms with E-state index in [1.54, 1.807) is 18.0 Å². The lowest BCUT2D eigenvalue weighted by atomic mass is 10.0. The molecule has 1 atom stereocenters. The van der Waals surface area contributed by atoms with Crippen LogP contribution in [0.15, 0.2) is 83.9 Å². The van der Waals surface area contributed by atoms with Gasteiger partial charge < -0.3 is 15.1 Å². The molecular weight excluding hydrogens is 452 g/mol. The number of nitrogens with zero attached hydrogens (tertiary/aromatic N) is 3. The van der Waals surface area contributed by atoms with Crippen molar-refractivity contribution >= 4 is 46.2 Å². The Morgan fingerprint density at radius 2 is 1.76 bits per heavy atom. The van der Waals surface area contributed by atoms with Crippen LogP contribution in [0, 0.1) is 0 Å². The number of hydrogen-bond acceptors (Lipinski definition) is 3. The number of carbonyl (C=O) groups excluding carboxylic acids is 1. The van der Waals surface area contributed by atoms with E-state index in [1.165, 1.54) is 5.56 Å². The van der Waals surface area contributed by atoms with Crippen LogP contribution in [-0.2, 0) is 11.2 Å². The molecule has 0 fully saturated rings. The minimum Gasteiger partial charge on any atom is -0.352 e. The topological polar surface area (TPSA) is 47.9 Å². The SMILES string of the molecule is CN(CCc1ccccc1)C(=S)NC1N=C(c2ccccc2)c2cc(Cl)ccc2N(C)C1=O. The van der Waals surface area contributed by atoms with Crippen molar-refractivity contribution in [2.24, 2.45) is 4.99 Å². The van der Waals surface area contributed by atoms with Crippen LogP contribution in [0.4, 0.5) is 5.69 Å². The van der Waals surface area contributed by atoms with E-state index in [4.69, 9.17) is 28.8 Å². The van der Waals surface area contributed by atoms with Crippen molar-refractivity contribution in [3.63, 3.8) is 0 Å². The second-order valence-corrected chi connectivity index (χ2v) is 8.73. The Balaban J connectivity index is 1.61. The molecule has 3 aromatic rings. The van der Waals surface area contributed by atoms with Crippen molar-refractivity contribution in [1.29, 1.82) is 0 Å². The molecule has 1 aliphatic rings. The molecule has 0 saturated heterocycles. The predicted octanol–water partition coefficient (Wildman–Crippen LogP) is 4.53. The van der Waals surface area contributed by atoms with Gasteiger partial charge >= 0.3 is 0 Å². The van der Waals surface area contributed by atoms with Crippen LogP contribution in [-0.4, -0.2) is 48.4 Å². The zero-order valence-corrected chi connectivity index (χ0v) is 20.1. The fourth-order valence-corrected chi connectivity index (χ4v) is 4.11. The molecule has 0 aromatic heterocycles. The molecule has 7 heteroatoms. The summed E-state index contributed by atoms with van der Waals surface area (Å²) in [5, 5.41) is 4.22. The van der Waals surface area contributed by atoms with Crippen molar-refractivity contribution in [3.8, 4) is 0 Å². The Morgan fingerprint density at radius 3 is 2.45 bits per heavy atom. The Morgan fingerprint density at radius 1 is 1.09 bits per heavy atom. The van der Waals surface area contributed by atoms with E-state index in [0.29, 0.717) is 15.8 Å². The first-order chi connectivity index (χ1) is 15.9. The third-order valence-electron chi connectivity index (χ3n) is 5.63. The van der Waals surface area contributed by atoms with Crippen molar-refractivity contribution in [2.75, 3.05) is 25.5 Å². The number of aliphatic imine (C=N–C) groups is 1. The van der Waals surface area contributed by atoms with Gasteiger partial charge in [0.25, 0.3) is 5.91 Å². The number of anilines is 1. The van der Waals surface area contributed by atoms with Crippen LogP contribution in [0.25, 0.3) is 0 Å². The maximum Gasteiger partial charge on any atom is 0.272 e. The minimum absolute atomic E-state index is 0.191. The standard InChI is InChI=1S/C26H25ClN4OS/c1-30(16-15-18-9-5-3-6-10-18)26(33)29-24-25(32)31(2)22-14-13-20(27)17-21(22)23(28-24)19-11-7-4-8-12-19/h3-14,17,24H,15-16H2,1-2H3,(H,29,33). The number of nitrogens with one attached hydrogen (secondary N) is 1. The first-order valence-corrected chi connectivity index (χ1v) is 11.5. The number of carbonyl (C=O) groups is 1. The predicted molar refractivity (Wildman–Crippen MR) is 139 cm³/mol. The van der Waals surface area contributed by atoms with Crippen molar-refractivity contribution in [1.82, 2.24) is 10.2 Å². The van der Waals surface area contributed by atoms with E-state index in [1.807, 2.05) is 72.6 Å². The van der Waals surface area contributed by atoms with Gasteiger partial charge in [0, 0.05) is 36.8 Å². The Kier molecular flexibility index (Phi) is 7.06. The summed E-state index contributed by atoms with van der Waals surface area (Å²) >= 11 is 11.9. The summed E-state index contributed by atoms with van der Waals surface area (Å²) in [7, 11) is 3.66. The first kappa shape index (κ1) is 23.0. The Hall–Kier alpha value is -3.22. The summed E-state index contributed by atoms with van der Waals surface area (Å²) in [6.07, 6.45) is -0.0109. The lowest BCUT2D eigenvalue weighted by Crippen LogP contribution is -2.50.